The summed E-state index contributed by atoms with van der Waals surface area (Å²) < 4.78 is 0. The molecule has 2 aromatic rings. The Bertz CT molecular complexity index is 609. The van der Waals surface area contributed by atoms with Gasteiger partial charge in [0.25, 0.3) is 0 Å². The summed E-state index contributed by atoms with van der Waals surface area (Å²) in [6, 6.07) is 12.0. The van der Waals surface area contributed by atoms with Crippen LogP contribution in [0, 0.1) is 6.92 Å². The molecule has 1 aromatic heterocycles. The lowest BCUT2D eigenvalue weighted by molar-refractivity contribution is -0.126. The van der Waals surface area contributed by atoms with E-state index >= 15 is 0 Å². The van der Waals surface area contributed by atoms with Crippen LogP contribution in [0.25, 0.3) is 0 Å². The normalized spacial score (nSPS) is 13.9. The molecule has 22 heavy (non-hydrogen) atoms. The van der Waals surface area contributed by atoms with E-state index < -0.39 is 0 Å². The highest BCUT2D eigenvalue weighted by atomic mass is 32.1. The number of rotatable bonds is 6. The fraction of sp³-hybridized carbons (Fsp3) is 0.389. The molecule has 0 aliphatic heterocycles. The molecule has 0 spiro atoms. The van der Waals surface area contributed by atoms with E-state index in [1.54, 1.807) is 11.3 Å². The third-order valence-corrected chi connectivity index (χ3v) is 5.07. The van der Waals surface area contributed by atoms with Crippen molar-refractivity contribution in [3.63, 3.8) is 0 Å². The number of hydrogen-bond acceptors (Lipinski definition) is 3. The minimum atomic E-state index is -0.160. The standard InChI is InChI=1S/C18H24N2OS/c1-13-10-11-22-17(13)12-20(4)15(3)18(21)19-14(2)16-8-6-5-7-9-16/h5-11,14-15H,12H2,1-4H3,(H,19,21)/t14-,15-/m1/s1. The van der Waals surface area contributed by atoms with Crippen molar-refractivity contribution in [2.24, 2.45) is 0 Å². The SMILES string of the molecule is Cc1ccsc1CN(C)[C@H](C)C(=O)N[C@H](C)c1ccccc1. The second kappa shape index (κ2) is 7.56. The van der Waals surface area contributed by atoms with Gasteiger partial charge in [-0.2, -0.15) is 0 Å². The largest absolute Gasteiger partial charge is 0.348 e. The summed E-state index contributed by atoms with van der Waals surface area (Å²) >= 11 is 1.74. The maximum atomic E-state index is 12.4. The lowest BCUT2D eigenvalue weighted by Crippen LogP contribution is -2.43. The molecule has 1 N–H and O–H groups in total. The van der Waals surface area contributed by atoms with Crippen LogP contribution in [-0.4, -0.2) is 23.9 Å². The first-order valence-electron chi connectivity index (χ1n) is 7.57. The van der Waals surface area contributed by atoms with Gasteiger partial charge in [0.1, 0.15) is 0 Å². The number of hydrogen-bond donors (Lipinski definition) is 1. The van der Waals surface area contributed by atoms with Crippen LogP contribution in [0.3, 0.4) is 0 Å². The molecule has 4 heteroatoms. The predicted molar refractivity (Wildman–Crippen MR) is 93.0 cm³/mol. The molecule has 0 saturated heterocycles. The number of carbonyl (C=O) groups excluding carboxylic acids is 1. The summed E-state index contributed by atoms with van der Waals surface area (Å²) in [6.07, 6.45) is 0. The molecule has 0 bridgehead atoms. The van der Waals surface area contributed by atoms with Gasteiger partial charge in [-0.05, 0) is 50.4 Å². The Hall–Kier alpha value is -1.65. The van der Waals surface area contributed by atoms with Crippen LogP contribution in [0.5, 0.6) is 0 Å². The van der Waals surface area contributed by atoms with Gasteiger partial charge in [0.2, 0.25) is 5.91 Å². The molecule has 0 saturated carbocycles. The molecular weight excluding hydrogens is 292 g/mol. The summed E-state index contributed by atoms with van der Waals surface area (Å²) in [5, 5.41) is 5.19. The highest BCUT2D eigenvalue weighted by molar-refractivity contribution is 7.10. The first-order chi connectivity index (χ1) is 10.5. The molecule has 1 amide bonds. The van der Waals surface area contributed by atoms with E-state index in [0.717, 1.165) is 12.1 Å². The fourth-order valence-electron chi connectivity index (χ4n) is 2.29. The summed E-state index contributed by atoms with van der Waals surface area (Å²) in [5.41, 5.74) is 2.42. The van der Waals surface area contributed by atoms with Crippen LogP contribution in [0.1, 0.15) is 35.9 Å². The Morgan fingerprint density at radius 2 is 1.91 bits per heavy atom. The van der Waals surface area contributed by atoms with E-state index in [0.29, 0.717) is 0 Å². The molecule has 0 unspecified atom stereocenters. The molecule has 0 aliphatic rings. The summed E-state index contributed by atoms with van der Waals surface area (Å²) in [4.78, 5) is 15.8. The zero-order valence-corrected chi connectivity index (χ0v) is 14.5. The molecule has 1 heterocycles. The van der Waals surface area contributed by atoms with Crippen LogP contribution >= 0.6 is 11.3 Å². The Kier molecular flexibility index (Phi) is 5.75. The molecule has 0 radical (unpaired) electrons. The number of benzene rings is 1. The van der Waals surface area contributed by atoms with Crippen molar-refractivity contribution in [3.05, 3.63) is 57.8 Å². The Morgan fingerprint density at radius 3 is 2.50 bits per heavy atom. The van der Waals surface area contributed by atoms with Crippen molar-refractivity contribution in [2.45, 2.75) is 39.4 Å². The van der Waals surface area contributed by atoms with Gasteiger partial charge in [-0.15, -0.1) is 11.3 Å². The van der Waals surface area contributed by atoms with Crippen molar-refractivity contribution in [3.8, 4) is 0 Å². The van der Waals surface area contributed by atoms with Gasteiger partial charge in [-0.1, -0.05) is 30.3 Å². The van der Waals surface area contributed by atoms with Gasteiger partial charge in [0.15, 0.2) is 0 Å². The second-order valence-corrected chi connectivity index (χ2v) is 6.76. The average molecular weight is 316 g/mol. The number of thiophene rings is 1. The molecular formula is C18H24N2OS. The van der Waals surface area contributed by atoms with Crippen LogP contribution < -0.4 is 5.32 Å². The van der Waals surface area contributed by atoms with Crippen LogP contribution in [-0.2, 0) is 11.3 Å². The Labute approximate surface area is 137 Å². The van der Waals surface area contributed by atoms with Crippen molar-refractivity contribution in [2.75, 3.05) is 7.05 Å². The van der Waals surface area contributed by atoms with Crippen molar-refractivity contribution >= 4 is 17.2 Å². The first-order valence-corrected chi connectivity index (χ1v) is 8.45. The van der Waals surface area contributed by atoms with E-state index in [-0.39, 0.29) is 18.0 Å². The van der Waals surface area contributed by atoms with E-state index in [4.69, 9.17) is 0 Å². The van der Waals surface area contributed by atoms with Gasteiger partial charge >= 0.3 is 0 Å². The minimum Gasteiger partial charge on any atom is -0.348 e. The highest BCUT2D eigenvalue weighted by Crippen LogP contribution is 2.18. The monoisotopic (exact) mass is 316 g/mol. The second-order valence-electron chi connectivity index (χ2n) is 5.76. The smallest absolute Gasteiger partial charge is 0.237 e. The summed E-state index contributed by atoms with van der Waals surface area (Å²) in [6.45, 7) is 6.89. The third-order valence-electron chi connectivity index (χ3n) is 4.06. The first kappa shape index (κ1) is 16.7. The topological polar surface area (TPSA) is 32.3 Å². The van der Waals surface area contributed by atoms with Crippen LogP contribution in [0.4, 0.5) is 0 Å². The van der Waals surface area contributed by atoms with Gasteiger partial charge in [0.05, 0.1) is 12.1 Å². The van der Waals surface area contributed by atoms with Crippen LogP contribution in [0.2, 0.25) is 0 Å². The maximum Gasteiger partial charge on any atom is 0.237 e. The van der Waals surface area contributed by atoms with Crippen molar-refractivity contribution in [1.29, 1.82) is 0 Å². The van der Waals surface area contributed by atoms with Gasteiger partial charge in [0, 0.05) is 11.4 Å². The number of likely N-dealkylation sites (N-methyl/N-ethyl adjacent to an activating group) is 1. The number of amides is 1. The predicted octanol–water partition coefficient (Wildman–Crippen LogP) is 3.75. The quantitative estimate of drug-likeness (QED) is 0.880. The number of aryl methyl sites for hydroxylation is 1. The number of nitrogens with one attached hydrogen (secondary N) is 1. The Balaban J connectivity index is 1.92. The maximum absolute atomic E-state index is 12.4. The number of carbonyl (C=O) groups is 1. The molecule has 2 rings (SSSR count). The zero-order valence-electron chi connectivity index (χ0n) is 13.7. The van der Waals surface area contributed by atoms with Gasteiger partial charge in [-0.25, -0.2) is 0 Å². The van der Waals surface area contributed by atoms with Gasteiger partial charge < -0.3 is 5.32 Å². The van der Waals surface area contributed by atoms with E-state index in [2.05, 4.69) is 28.6 Å². The summed E-state index contributed by atoms with van der Waals surface area (Å²) in [7, 11) is 2.00. The molecule has 3 nitrogen and oxygen atoms in total. The van der Waals surface area contributed by atoms with E-state index in [1.165, 1.54) is 10.4 Å². The third kappa shape index (κ3) is 4.18. The molecule has 2 atom stereocenters. The molecule has 1 aromatic carbocycles. The fourth-order valence-corrected chi connectivity index (χ4v) is 3.26. The zero-order chi connectivity index (χ0) is 16.1. The van der Waals surface area contributed by atoms with Crippen molar-refractivity contribution < 1.29 is 4.79 Å². The lowest BCUT2D eigenvalue weighted by Gasteiger charge is -2.25. The van der Waals surface area contributed by atoms with E-state index in [9.17, 15) is 4.79 Å². The molecule has 0 fully saturated rings. The van der Waals surface area contributed by atoms with Crippen LogP contribution in [0.15, 0.2) is 41.8 Å². The Morgan fingerprint density at radius 1 is 1.23 bits per heavy atom. The molecule has 0 aliphatic carbocycles. The minimum absolute atomic E-state index is 0.0213. The molecule has 118 valence electrons. The van der Waals surface area contributed by atoms with Gasteiger partial charge in [-0.3, -0.25) is 9.69 Å². The number of nitrogens with zero attached hydrogens (tertiary/aromatic N) is 1. The lowest BCUT2D eigenvalue weighted by atomic mass is 10.1. The average Bonchev–Trinajstić information content (AvgIpc) is 2.92. The summed E-state index contributed by atoms with van der Waals surface area (Å²) in [5.74, 6) is 0.0630. The van der Waals surface area contributed by atoms with Crippen molar-refractivity contribution in [1.82, 2.24) is 10.2 Å². The van der Waals surface area contributed by atoms with E-state index in [1.807, 2.05) is 51.2 Å². The highest BCUT2D eigenvalue weighted by Gasteiger charge is 2.20.